The highest BCUT2D eigenvalue weighted by Gasteiger charge is 2.47. The zero-order valence-electron chi connectivity index (χ0n) is 17.2. The number of esters is 1. The molecule has 1 aliphatic heterocycles. The zero-order valence-corrected chi connectivity index (χ0v) is 17.2. The lowest BCUT2D eigenvalue weighted by atomic mass is 9.95. The first-order valence-electron chi connectivity index (χ1n) is 10.0. The van der Waals surface area contributed by atoms with Gasteiger partial charge in [-0.15, -0.1) is 0 Å². The number of aliphatic hydroxyl groups is 6. The maximum Gasteiger partial charge on any atom is 0.331 e. The van der Waals surface area contributed by atoms with Gasteiger partial charge >= 0.3 is 5.97 Å². The Hall–Kier alpha value is -2.55. The van der Waals surface area contributed by atoms with Crippen LogP contribution in [0.3, 0.4) is 0 Å². The van der Waals surface area contributed by atoms with E-state index < -0.39 is 67.7 Å². The van der Waals surface area contributed by atoms with Crippen molar-refractivity contribution in [3.05, 3.63) is 42.0 Å². The Morgan fingerprint density at radius 1 is 0.970 bits per heavy atom. The number of phenols is 2. The molecule has 8 N–H and O–H groups in total. The molecule has 2 aliphatic rings. The fourth-order valence-electron chi connectivity index (χ4n) is 3.42. The van der Waals surface area contributed by atoms with Gasteiger partial charge in [-0.25, -0.2) is 4.79 Å². The number of hydrogen-bond donors (Lipinski definition) is 8. The minimum atomic E-state index is -1.71. The Morgan fingerprint density at radius 2 is 1.70 bits per heavy atom. The number of aromatic hydroxyl groups is 2. The summed E-state index contributed by atoms with van der Waals surface area (Å²) in [7, 11) is 0. The first-order valence-corrected chi connectivity index (χ1v) is 10.0. The van der Waals surface area contributed by atoms with Crippen molar-refractivity contribution in [1.29, 1.82) is 0 Å². The van der Waals surface area contributed by atoms with Crippen molar-refractivity contribution in [3.8, 4) is 11.5 Å². The molecule has 1 aromatic carbocycles. The van der Waals surface area contributed by atoms with Gasteiger partial charge in [0, 0.05) is 6.08 Å². The van der Waals surface area contributed by atoms with Crippen LogP contribution in [0.5, 0.6) is 11.5 Å². The van der Waals surface area contributed by atoms with Crippen molar-refractivity contribution in [2.24, 2.45) is 0 Å². The van der Waals surface area contributed by atoms with Crippen molar-refractivity contribution in [2.75, 3.05) is 6.61 Å². The van der Waals surface area contributed by atoms with Gasteiger partial charge in [-0.1, -0.05) is 18.2 Å². The average Bonchev–Trinajstić information content (AvgIpc) is 2.79. The van der Waals surface area contributed by atoms with Crippen molar-refractivity contribution in [1.82, 2.24) is 0 Å². The second-order valence-corrected chi connectivity index (χ2v) is 7.65. The first-order chi connectivity index (χ1) is 15.6. The molecule has 1 fully saturated rings. The Labute approximate surface area is 187 Å². The van der Waals surface area contributed by atoms with E-state index in [-0.39, 0.29) is 11.5 Å². The highest BCUT2D eigenvalue weighted by Crippen LogP contribution is 2.28. The summed E-state index contributed by atoms with van der Waals surface area (Å²) < 4.78 is 15.8. The Bertz CT molecular complexity index is 884. The molecule has 0 aromatic heterocycles. The average molecular weight is 470 g/mol. The van der Waals surface area contributed by atoms with Gasteiger partial charge in [-0.2, -0.15) is 0 Å². The van der Waals surface area contributed by atoms with Gasteiger partial charge in [0.25, 0.3) is 0 Å². The molecule has 12 nitrogen and oxygen atoms in total. The third-order valence-corrected chi connectivity index (χ3v) is 5.31. The quantitative estimate of drug-likeness (QED) is 0.0940. The molecule has 12 heteroatoms. The number of carbonyl (C=O) groups is 1. The van der Waals surface area contributed by atoms with Gasteiger partial charge in [0.05, 0.1) is 6.61 Å². The number of benzene rings is 1. The molecule has 0 bridgehead atoms. The molecule has 0 radical (unpaired) electrons. The van der Waals surface area contributed by atoms with E-state index >= 15 is 0 Å². The molecule has 1 aromatic rings. The molecule has 1 aliphatic carbocycles. The summed E-state index contributed by atoms with van der Waals surface area (Å²) >= 11 is 0. The minimum absolute atomic E-state index is 0.333. The van der Waals surface area contributed by atoms with E-state index in [4.69, 9.17) is 14.2 Å². The first kappa shape index (κ1) is 25.1. The number of phenolic OH excluding ortho intramolecular Hbond substituents is 2. The normalized spacial score (nSPS) is 36.7. The second-order valence-electron chi connectivity index (χ2n) is 7.65. The van der Waals surface area contributed by atoms with Crippen LogP contribution in [0.1, 0.15) is 5.56 Å². The number of carbonyl (C=O) groups excluding carboxylic acids is 1. The van der Waals surface area contributed by atoms with Crippen LogP contribution in [-0.4, -0.2) is 109 Å². The molecule has 3 rings (SSSR count). The van der Waals surface area contributed by atoms with E-state index in [1.807, 2.05) is 0 Å². The lowest BCUT2D eigenvalue weighted by molar-refractivity contribution is -0.315. The summed E-state index contributed by atoms with van der Waals surface area (Å²) in [4.78, 5) is 12.2. The van der Waals surface area contributed by atoms with Crippen LogP contribution in [-0.2, 0) is 19.0 Å². The van der Waals surface area contributed by atoms with Crippen molar-refractivity contribution in [2.45, 2.75) is 55.1 Å². The molecule has 0 spiro atoms. The van der Waals surface area contributed by atoms with E-state index in [0.717, 1.165) is 6.08 Å². The SMILES string of the molecule is O=C(/C=C/c1ccc(O)c(O)c1)O[C@@H]1[C@@H](O)[C@H](O[C@H]2O[C@@H](CO)[C@H](O)[C@@H](O)[C@@H]2O)C=C[C@@H]1O. The summed E-state index contributed by atoms with van der Waals surface area (Å²) in [5, 5.41) is 78.5. The van der Waals surface area contributed by atoms with E-state index in [0.29, 0.717) is 5.56 Å². The van der Waals surface area contributed by atoms with Crippen molar-refractivity contribution in [3.63, 3.8) is 0 Å². The van der Waals surface area contributed by atoms with E-state index in [9.17, 15) is 45.6 Å². The van der Waals surface area contributed by atoms with Crippen LogP contribution >= 0.6 is 0 Å². The lowest BCUT2D eigenvalue weighted by Crippen LogP contribution is -2.61. The van der Waals surface area contributed by atoms with Crippen LogP contribution in [0.4, 0.5) is 0 Å². The smallest absolute Gasteiger partial charge is 0.331 e. The Morgan fingerprint density at radius 3 is 2.36 bits per heavy atom. The predicted molar refractivity (Wildman–Crippen MR) is 108 cm³/mol. The molecule has 9 atom stereocenters. The molecule has 0 unspecified atom stereocenters. The van der Waals surface area contributed by atoms with Crippen LogP contribution in [0.2, 0.25) is 0 Å². The molecule has 1 saturated heterocycles. The summed E-state index contributed by atoms with van der Waals surface area (Å²) in [6.45, 7) is -0.669. The number of hydrogen-bond acceptors (Lipinski definition) is 12. The van der Waals surface area contributed by atoms with Gasteiger partial charge in [0.15, 0.2) is 23.9 Å². The molecule has 0 saturated carbocycles. The molecule has 33 heavy (non-hydrogen) atoms. The molecule has 0 amide bonds. The van der Waals surface area contributed by atoms with E-state index in [1.54, 1.807) is 0 Å². The fraction of sp³-hybridized carbons (Fsp3) is 0.476. The topological polar surface area (TPSA) is 207 Å². The minimum Gasteiger partial charge on any atom is -0.504 e. The van der Waals surface area contributed by atoms with Crippen LogP contribution in [0.25, 0.3) is 6.08 Å². The Kier molecular flexibility index (Phi) is 8.05. The van der Waals surface area contributed by atoms with Crippen molar-refractivity contribution >= 4 is 12.0 Å². The van der Waals surface area contributed by atoms with Gasteiger partial charge in [0.1, 0.15) is 42.7 Å². The summed E-state index contributed by atoms with van der Waals surface area (Å²) in [6, 6.07) is 3.85. The predicted octanol–water partition coefficient (Wildman–Crippen LogP) is -2.50. The van der Waals surface area contributed by atoms with Gasteiger partial charge in [-0.05, 0) is 23.8 Å². The number of aliphatic hydroxyl groups excluding tert-OH is 6. The maximum atomic E-state index is 12.2. The third-order valence-electron chi connectivity index (χ3n) is 5.31. The highest BCUT2D eigenvalue weighted by molar-refractivity contribution is 5.87. The zero-order chi connectivity index (χ0) is 24.3. The van der Waals surface area contributed by atoms with E-state index in [1.165, 1.54) is 36.4 Å². The van der Waals surface area contributed by atoms with Crippen LogP contribution in [0.15, 0.2) is 36.4 Å². The summed E-state index contributed by atoms with van der Waals surface area (Å²) in [5.74, 6) is -1.66. The molecule has 182 valence electrons. The molecular formula is C21H26O12. The van der Waals surface area contributed by atoms with Crippen LogP contribution < -0.4 is 0 Å². The lowest BCUT2D eigenvalue weighted by Gasteiger charge is -2.42. The summed E-state index contributed by atoms with van der Waals surface area (Å²) in [6.07, 6.45) is -8.74. The molecular weight excluding hydrogens is 444 g/mol. The summed E-state index contributed by atoms with van der Waals surface area (Å²) in [5.41, 5.74) is 0.371. The fourth-order valence-corrected chi connectivity index (χ4v) is 3.42. The monoisotopic (exact) mass is 470 g/mol. The molecule has 1 heterocycles. The maximum absolute atomic E-state index is 12.2. The Balaban J connectivity index is 1.64. The number of ether oxygens (including phenoxy) is 3. The van der Waals surface area contributed by atoms with Crippen LogP contribution in [0, 0.1) is 0 Å². The van der Waals surface area contributed by atoms with Gasteiger partial charge < -0.3 is 55.1 Å². The van der Waals surface area contributed by atoms with Gasteiger partial charge in [0.2, 0.25) is 0 Å². The second kappa shape index (κ2) is 10.6. The van der Waals surface area contributed by atoms with E-state index in [2.05, 4.69) is 0 Å². The largest absolute Gasteiger partial charge is 0.504 e. The van der Waals surface area contributed by atoms with Crippen molar-refractivity contribution < 1.29 is 59.9 Å². The number of rotatable bonds is 6. The van der Waals surface area contributed by atoms with Gasteiger partial charge in [-0.3, -0.25) is 0 Å². The third kappa shape index (κ3) is 5.69. The highest BCUT2D eigenvalue weighted by atomic mass is 16.7. The standard InChI is InChI=1S/C21H26O12/c22-8-14-16(27)18(29)19(30)21(32-14)31-13-5-4-11(24)20(17(13)28)33-15(26)6-2-9-1-3-10(23)12(25)7-9/h1-7,11,13-14,16-25,27-30H,8H2/b6-2+/t11-,13+,14-,16-,17-,18+,19-,20-,21-/m0/s1.